The first-order valence-electron chi connectivity index (χ1n) is 16.0. The van der Waals surface area contributed by atoms with Crippen LogP contribution in [0.3, 0.4) is 0 Å². The van der Waals surface area contributed by atoms with Crippen molar-refractivity contribution in [2.75, 3.05) is 71.9 Å². The molecule has 3 aromatic rings. The summed E-state index contributed by atoms with van der Waals surface area (Å²) in [6.07, 6.45) is 6.05. The van der Waals surface area contributed by atoms with Crippen LogP contribution in [-0.2, 0) is 22.6 Å². The second kappa shape index (κ2) is 14.3. The standard InChI is InChI=1S/C35H42ClN7O3/c1-37-20-26-21-42(17-18-43(26)32(44)14-8-15-40(2)3)34-28-23-45-31(27-12-5-9-24-10-6-13-29(36)33(24)27)19-30(28)38-35(39-34)46-22-25-11-7-16-41(25)4/h5-6,8-10,12-14,25-26,31H,7,11,15-23H2,2-4H3/b14-8+/t25-,26-,31?/m0/s1. The molecule has 11 heteroatoms. The zero-order chi connectivity index (χ0) is 32.2. The van der Waals surface area contributed by atoms with Crippen LogP contribution in [0.1, 0.15) is 35.8 Å². The van der Waals surface area contributed by atoms with Crippen LogP contribution in [0.25, 0.3) is 15.6 Å². The van der Waals surface area contributed by atoms with Crippen molar-refractivity contribution in [2.45, 2.75) is 44.1 Å². The fourth-order valence-corrected chi connectivity index (χ4v) is 7.06. The van der Waals surface area contributed by atoms with Gasteiger partial charge in [0.25, 0.3) is 0 Å². The highest BCUT2D eigenvalue weighted by molar-refractivity contribution is 6.35. The number of aromatic nitrogens is 2. The molecule has 2 aromatic carbocycles. The number of likely N-dealkylation sites (tertiary alicyclic amines) is 1. The maximum atomic E-state index is 13.1. The number of nitrogens with zero attached hydrogens (tertiary/aromatic N) is 7. The first-order valence-corrected chi connectivity index (χ1v) is 16.4. The average molecular weight is 644 g/mol. The van der Waals surface area contributed by atoms with Gasteiger partial charge in [0.2, 0.25) is 12.5 Å². The smallest absolute Gasteiger partial charge is 0.318 e. The molecule has 0 N–H and O–H groups in total. The maximum absolute atomic E-state index is 13.1. The molecule has 242 valence electrons. The second-order valence-corrected chi connectivity index (χ2v) is 13.1. The third-order valence-corrected chi connectivity index (χ3v) is 9.58. The molecule has 0 aliphatic carbocycles. The molecular weight excluding hydrogens is 602 g/mol. The number of halogens is 1. The van der Waals surface area contributed by atoms with Gasteiger partial charge in [0.05, 0.1) is 18.4 Å². The van der Waals surface area contributed by atoms with E-state index in [2.05, 4.69) is 39.9 Å². The molecule has 0 spiro atoms. The van der Waals surface area contributed by atoms with Crippen LogP contribution in [-0.4, -0.2) is 110 Å². The Labute approximate surface area is 276 Å². The van der Waals surface area contributed by atoms with Crippen molar-refractivity contribution in [2.24, 2.45) is 0 Å². The highest BCUT2D eigenvalue weighted by atomic mass is 35.5. The number of anilines is 1. The summed E-state index contributed by atoms with van der Waals surface area (Å²) in [6.45, 7) is 12.0. The topological polar surface area (TPSA) is 78.6 Å². The summed E-state index contributed by atoms with van der Waals surface area (Å²) in [6, 6.07) is 12.6. The van der Waals surface area contributed by atoms with Gasteiger partial charge < -0.3 is 33.9 Å². The minimum Gasteiger partial charge on any atom is -0.462 e. The Morgan fingerprint density at radius 2 is 2.00 bits per heavy atom. The number of fused-ring (bicyclic) bond motifs is 2. The molecule has 6 rings (SSSR count). The first kappa shape index (κ1) is 32.2. The lowest BCUT2D eigenvalue weighted by atomic mass is 9.94. The number of likely N-dealkylation sites (N-methyl/N-ethyl adjacent to an activating group) is 2. The van der Waals surface area contributed by atoms with E-state index in [-0.39, 0.29) is 24.6 Å². The number of hydrogen-bond donors (Lipinski definition) is 0. The molecule has 0 saturated carbocycles. The Balaban J connectivity index is 1.30. The predicted octanol–water partition coefficient (Wildman–Crippen LogP) is 4.62. The summed E-state index contributed by atoms with van der Waals surface area (Å²) >= 11 is 6.70. The summed E-state index contributed by atoms with van der Waals surface area (Å²) in [4.78, 5) is 35.1. The van der Waals surface area contributed by atoms with Crippen LogP contribution in [0.5, 0.6) is 6.01 Å². The summed E-state index contributed by atoms with van der Waals surface area (Å²) in [7, 11) is 6.06. The lowest BCUT2D eigenvalue weighted by molar-refractivity contribution is -0.128. The quantitative estimate of drug-likeness (QED) is 0.247. The van der Waals surface area contributed by atoms with Crippen LogP contribution in [0.2, 0.25) is 5.02 Å². The van der Waals surface area contributed by atoms with Crippen LogP contribution in [0.15, 0.2) is 48.6 Å². The average Bonchev–Trinajstić information content (AvgIpc) is 3.47. The van der Waals surface area contributed by atoms with Gasteiger partial charge in [-0.05, 0) is 57.5 Å². The Kier molecular flexibility index (Phi) is 10.0. The van der Waals surface area contributed by atoms with E-state index in [1.165, 1.54) is 0 Å². The lowest BCUT2D eigenvalue weighted by Crippen LogP contribution is -2.56. The summed E-state index contributed by atoms with van der Waals surface area (Å²) < 4.78 is 12.8. The van der Waals surface area contributed by atoms with Crippen LogP contribution in [0, 0.1) is 6.57 Å². The Morgan fingerprint density at radius 3 is 2.76 bits per heavy atom. The van der Waals surface area contributed by atoms with E-state index >= 15 is 0 Å². The van der Waals surface area contributed by atoms with Crippen LogP contribution in [0.4, 0.5) is 5.82 Å². The third kappa shape index (κ3) is 6.98. The van der Waals surface area contributed by atoms with Crippen molar-refractivity contribution in [3.63, 3.8) is 0 Å². The minimum atomic E-state index is -0.264. The molecule has 1 unspecified atom stereocenters. The highest BCUT2D eigenvalue weighted by Gasteiger charge is 2.36. The summed E-state index contributed by atoms with van der Waals surface area (Å²) in [5.74, 6) is 0.698. The van der Waals surface area contributed by atoms with Gasteiger partial charge in [0, 0.05) is 60.7 Å². The molecule has 2 saturated heterocycles. The lowest BCUT2D eigenvalue weighted by Gasteiger charge is -2.40. The number of hydrogen-bond acceptors (Lipinski definition) is 8. The molecule has 2 fully saturated rings. The molecule has 3 atom stereocenters. The van der Waals surface area contributed by atoms with Gasteiger partial charge in [-0.2, -0.15) is 9.97 Å². The zero-order valence-electron chi connectivity index (χ0n) is 26.9. The monoisotopic (exact) mass is 643 g/mol. The summed E-state index contributed by atoms with van der Waals surface area (Å²) in [5, 5.41) is 2.77. The number of carbonyl (C=O) groups excluding carboxylic acids is 1. The van der Waals surface area contributed by atoms with Gasteiger partial charge in [-0.25, -0.2) is 6.57 Å². The van der Waals surface area contributed by atoms with Gasteiger partial charge >= 0.3 is 6.01 Å². The predicted molar refractivity (Wildman–Crippen MR) is 180 cm³/mol. The van der Waals surface area contributed by atoms with Crippen molar-refractivity contribution >= 4 is 34.1 Å². The van der Waals surface area contributed by atoms with E-state index < -0.39 is 0 Å². The molecule has 0 radical (unpaired) electrons. The number of carbonyl (C=O) groups is 1. The number of ether oxygens (including phenoxy) is 2. The van der Waals surface area contributed by atoms with Crippen LogP contribution >= 0.6 is 11.6 Å². The van der Waals surface area contributed by atoms with E-state index in [1.54, 1.807) is 6.08 Å². The maximum Gasteiger partial charge on any atom is 0.318 e. The Morgan fingerprint density at radius 1 is 1.17 bits per heavy atom. The van der Waals surface area contributed by atoms with Crippen molar-refractivity contribution < 1.29 is 14.3 Å². The van der Waals surface area contributed by atoms with E-state index in [0.29, 0.717) is 62.9 Å². The van der Waals surface area contributed by atoms with Gasteiger partial charge in [0.15, 0.2) is 0 Å². The second-order valence-electron chi connectivity index (χ2n) is 12.7. The van der Waals surface area contributed by atoms with Gasteiger partial charge in [0.1, 0.15) is 18.5 Å². The van der Waals surface area contributed by atoms with E-state index in [1.807, 2.05) is 48.2 Å². The third-order valence-electron chi connectivity index (χ3n) is 9.27. The zero-order valence-corrected chi connectivity index (χ0v) is 27.6. The SMILES string of the molecule is [C-]#[N+]C[C@H]1CN(c2nc(OC[C@@H]3CCCN3C)nc3c2COC(c2cccc4cccc(Cl)c24)C3)CCN1C(=O)/C=C/CN(C)C. The normalized spacial score (nSPS) is 22.0. The molecular formula is C35H42ClN7O3. The highest BCUT2D eigenvalue weighted by Crippen LogP contribution is 2.39. The molecule has 10 nitrogen and oxygen atoms in total. The number of piperazine rings is 1. The number of amides is 1. The molecule has 1 aromatic heterocycles. The van der Waals surface area contributed by atoms with Crippen molar-refractivity contribution in [3.8, 4) is 6.01 Å². The molecule has 4 heterocycles. The Bertz CT molecular complexity index is 1640. The van der Waals surface area contributed by atoms with Crippen LogP contribution < -0.4 is 9.64 Å². The first-order chi connectivity index (χ1) is 22.3. The van der Waals surface area contributed by atoms with Gasteiger partial charge in [-0.1, -0.05) is 48.0 Å². The molecule has 46 heavy (non-hydrogen) atoms. The fraction of sp³-hybridized carbons (Fsp3) is 0.486. The molecule has 3 aliphatic heterocycles. The number of rotatable bonds is 9. The van der Waals surface area contributed by atoms with Crippen molar-refractivity contribution in [1.29, 1.82) is 0 Å². The van der Waals surface area contributed by atoms with Gasteiger partial charge in [-0.3, -0.25) is 4.79 Å². The fourth-order valence-electron chi connectivity index (χ4n) is 6.77. The molecule has 0 bridgehead atoms. The van der Waals surface area contributed by atoms with E-state index in [0.717, 1.165) is 52.8 Å². The van der Waals surface area contributed by atoms with E-state index in [9.17, 15) is 4.79 Å². The molecule has 1 amide bonds. The largest absolute Gasteiger partial charge is 0.462 e. The van der Waals surface area contributed by atoms with Gasteiger partial charge in [-0.15, -0.1) is 0 Å². The summed E-state index contributed by atoms with van der Waals surface area (Å²) in [5.41, 5.74) is 2.86. The number of benzene rings is 2. The minimum absolute atomic E-state index is 0.0653. The van der Waals surface area contributed by atoms with E-state index in [4.69, 9.17) is 37.6 Å². The van der Waals surface area contributed by atoms with Crippen molar-refractivity contribution in [3.05, 3.63) is 81.8 Å². The van der Waals surface area contributed by atoms with Crippen molar-refractivity contribution in [1.82, 2.24) is 24.7 Å². The Hall–Kier alpha value is -3.75. The molecule has 3 aliphatic rings.